The minimum atomic E-state index is 0.312. The Morgan fingerprint density at radius 3 is 2.42 bits per heavy atom. The van der Waals surface area contributed by atoms with Crippen LogP contribution in [0, 0.1) is 11.8 Å². The van der Waals surface area contributed by atoms with Gasteiger partial charge in [0.25, 0.3) is 0 Å². The van der Waals surface area contributed by atoms with Crippen LogP contribution in [-0.2, 0) is 0 Å². The van der Waals surface area contributed by atoms with E-state index < -0.39 is 0 Å². The van der Waals surface area contributed by atoms with Gasteiger partial charge in [0.05, 0.1) is 0 Å². The molecule has 1 aliphatic rings. The van der Waals surface area contributed by atoms with Crippen molar-refractivity contribution in [1.82, 2.24) is 0 Å². The first kappa shape index (κ1) is 7.53. The van der Waals surface area contributed by atoms with Gasteiger partial charge in [-0.2, -0.15) is 0 Å². The molecule has 0 saturated heterocycles. The van der Waals surface area contributed by atoms with Gasteiger partial charge in [0, 0.05) is 11.5 Å². The average molecular weight is 160 g/mol. The molecular weight excluding hydrogens is 148 g/mol. The van der Waals surface area contributed by atoms with Gasteiger partial charge >= 0.3 is 0 Å². The molecule has 2 atom stereocenters. The van der Waals surface area contributed by atoms with E-state index in [0.717, 1.165) is 12.0 Å². The van der Waals surface area contributed by atoms with Crippen molar-refractivity contribution in [3.05, 3.63) is 35.9 Å². The predicted octanol–water partition coefficient (Wildman–Crippen LogP) is 2.53. The molecule has 1 heteroatoms. The van der Waals surface area contributed by atoms with Crippen LogP contribution in [-0.4, -0.2) is 5.78 Å². The molecule has 1 aliphatic carbocycles. The summed E-state index contributed by atoms with van der Waals surface area (Å²) in [7, 11) is 0. The second kappa shape index (κ2) is 2.74. The highest BCUT2D eigenvalue weighted by atomic mass is 16.1. The van der Waals surface area contributed by atoms with Gasteiger partial charge in [0.2, 0.25) is 0 Å². The lowest BCUT2D eigenvalue weighted by atomic mass is 10.1. The molecular formula is C11H12O. The molecule has 0 spiro atoms. The van der Waals surface area contributed by atoms with Crippen molar-refractivity contribution in [2.45, 2.75) is 13.3 Å². The number of hydrogen-bond donors (Lipinski definition) is 0. The third-order valence-electron chi connectivity index (χ3n) is 2.50. The maximum atomic E-state index is 11.6. The lowest BCUT2D eigenvalue weighted by Crippen LogP contribution is -2.01. The number of benzene rings is 1. The largest absolute Gasteiger partial charge is 0.294 e. The molecule has 0 unspecified atom stereocenters. The van der Waals surface area contributed by atoms with E-state index in [-0.39, 0.29) is 0 Å². The van der Waals surface area contributed by atoms with Gasteiger partial charge in [-0.25, -0.2) is 0 Å². The third kappa shape index (κ3) is 1.27. The van der Waals surface area contributed by atoms with Gasteiger partial charge in [-0.3, -0.25) is 4.79 Å². The quantitative estimate of drug-likeness (QED) is 0.607. The van der Waals surface area contributed by atoms with Crippen LogP contribution in [0.5, 0.6) is 0 Å². The van der Waals surface area contributed by atoms with E-state index in [1.165, 1.54) is 0 Å². The number of rotatable bonds is 2. The first-order chi connectivity index (χ1) is 5.79. The molecule has 0 amide bonds. The zero-order valence-electron chi connectivity index (χ0n) is 7.16. The number of carbonyl (C=O) groups is 1. The van der Waals surface area contributed by atoms with Crippen LogP contribution in [0.2, 0.25) is 0 Å². The van der Waals surface area contributed by atoms with Crippen molar-refractivity contribution >= 4 is 5.78 Å². The Hall–Kier alpha value is -1.11. The number of Topliss-reactive ketones (excluding diaryl/α,β-unsaturated/α-hetero) is 1. The molecule has 0 aromatic heterocycles. The summed E-state index contributed by atoms with van der Waals surface area (Å²) in [6, 6.07) is 9.56. The Balaban J connectivity index is 2.16. The van der Waals surface area contributed by atoms with E-state index in [0.29, 0.717) is 17.6 Å². The van der Waals surface area contributed by atoms with Gasteiger partial charge in [0.15, 0.2) is 5.78 Å². The smallest absolute Gasteiger partial charge is 0.166 e. The minimum Gasteiger partial charge on any atom is -0.294 e. The van der Waals surface area contributed by atoms with Crippen molar-refractivity contribution in [3.63, 3.8) is 0 Å². The van der Waals surface area contributed by atoms with Gasteiger partial charge in [-0.05, 0) is 12.3 Å². The highest BCUT2D eigenvalue weighted by Gasteiger charge is 2.39. The fourth-order valence-electron chi connectivity index (χ4n) is 1.50. The summed E-state index contributed by atoms with van der Waals surface area (Å²) in [6.07, 6.45) is 1.08. The monoisotopic (exact) mass is 160 g/mol. The topological polar surface area (TPSA) is 17.1 Å². The zero-order valence-corrected chi connectivity index (χ0v) is 7.16. The van der Waals surface area contributed by atoms with Gasteiger partial charge < -0.3 is 0 Å². The van der Waals surface area contributed by atoms with E-state index in [2.05, 4.69) is 6.92 Å². The third-order valence-corrected chi connectivity index (χ3v) is 2.50. The molecule has 12 heavy (non-hydrogen) atoms. The van der Waals surface area contributed by atoms with E-state index >= 15 is 0 Å². The summed E-state index contributed by atoms with van der Waals surface area (Å²) in [5.41, 5.74) is 0.867. The van der Waals surface area contributed by atoms with Crippen LogP contribution in [0.15, 0.2) is 30.3 Å². The summed E-state index contributed by atoms with van der Waals surface area (Å²) in [6.45, 7) is 2.13. The lowest BCUT2D eigenvalue weighted by molar-refractivity contribution is 0.0962. The fourth-order valence-corrected chi connectivity index (χ4v) is 1.50. The Morgan fingerprint density at radius 1 is 1.33 bits per heavy atom. The molecule has 1 saturated carbocycles. The normalized spacial score (nSPS) is 26.8. The number of hydrogen-bond acceptors (Lipinski definition) is 1. The van der Waals surface area contributed by atoms with E-state index in [1.54, 1.807) is 0 Å². The first-order valence-electron chi connectivity index (χ1n) is 4.38. The summed E-state index contributed by atoms with van der Waals surface area (Å²) in [4.78, 5) is 11.6. The Labute approximate surface area is 72.4 Å². The lowest BCUT2D eigenvalue weighted by Gasteiger charge is -1.96. The Morgan fingerprint density at radius 2 is 1.92 bits per heavy atom. The SMILES string of the molecule is C[C@H]1C[C@@H]1C(=O)c1ccccc1. The Kier molecular flexibility index (Phi) is 1.72. The van der Waals surface area contributed by atoms with Crippen LogP contribution >= 0.6 is 0 Å². The number of carbonyl (C=O) groups excluding carboxylic acids is 1. The van der Waals surface area contributed by atoms with Gasteiger partial charge in [-0.15, -0.1) is 0 Å². The van der Waals surface area contributed by atoms with Crippen molar-refractivity contribution in [2.24, 2.45) is 11.8 Å². The van der Waals surface area contributed by atoms with Crippen molar-refractivity contribution < 1.29 is 4.79 Å². The van der Waals surface area contributed by atoms with Crippen LogP contribution < -0.4 is 0 Å². The second-order valence-corrected chi connectivity index (χ2v) is 3.55. The van der Waals surface area contributed by atoms with Gasteiger partial charge in [-0.1, -0.05) is 37.3 Å². The molecule has 1 aromatic rings. The molecule has 2 rings (SSSR count). The molecule has 1 nitrogen and oxygen atoms in total. The van der Waals surface area contributed by atoms with Crippen molar-refractivity contribution in [3.8, 4) is 0 Å². The molecule has 0 radical (unpaired) electrons. The number of ketones is 1. The summed E-state index contributed by atoms with van der Waals surface area (Å²) in [5.74, 6) is 1.24. The first-order valence-corrected chi connectivity index (χ1v) is 4.38. The zero-order chi connectivity index (χ0) is 8.55. The molecule has 1 aromatic carbocycles. The highest BCUT2D eigenvalue weighted by Crippen LogP contribution is 2.40. The van der Waals surface area contributed by atoms with Crippen LogP contribution in [0.1, 0.15) is 23.7 Å². The van der Waals surface area contributed by atoms with E-state index in [1.807, 2.05) is 30.3 Å². The molecule has 0 N–H and O–H groups in total. The second-order valence-electron chi connectivity index (χ2n) is 3.55. The van der Waals surface area contributed by atoms with Crippen molar-refractivity contribution in [2.75, 3.05) is 0 Å². The van der Waals surface area contributed by atoms with E-state index in [4.69, 9.17) is 0 Å². The molecule has 62 valence electrons. The van der Waals surface area contributed by atoms with Crippen LogP contribution in [0.3, 0.4) is 0 Å². The summed E-state index contributed by atoms with van der Waals surface area (Å²) < 4.78 is 0. The maximum Gasteiger partial charge on any atom is 0.166 e. The summed E-state index contributed by atoms with van der Waals surface area (Å²) in [5, 5.41) is 0. The highest BCUT2D eigenvalue weighted by molar-refractivity contribution is 5.99. The predicted molar refractivity (Wildman–Crippen MR) is 48.0 cm³/mol. The minimum absolute atomic E-state index is 0.312. The maximum absolute atomic E-state index is 11.6. The van der Waals surface area contributed by atoms with Crippen LogP contribution in [0.25, 0.3) is 0 Å². The Bertz CT molecular complexity index is 289. The molecule has 1 fully saturated rings. The van der Waals surface area contributed by atoms with Crippen LogP contribution in [0.4, 0.5) is 0 Å². The fraction of sp³-hybridized carbons (Fsp3) is 0.364. The van der Waals surface area contributed by atoms with Gasteiger partial charge in [0.1, 0.15) is 0 Å². The molecule has 0 bridgehead atoms. The van der Waals surface area contributed by atoms with E-state index in [9.17, 15) is 4.79 Å². The molecule has 0 heterocycles. The van der Waals surface area contributed by atoms with Crippen molar-refractivity contribution in [1.29, 1.82) is 0 Å². The molecule has 0 aliphatic heterocycles. The average Bonchev–Trinajstić information content (AvgIpc) is 2.83. The standard InChI is InChI=1S/C11H12O/c1-8-7-10(8)11(12)9-5-3-2-4-6-9/h2-6,8,10H,7H2,1H3/t8-,10-/m0/s1. The summed E-state index contributed by atoms with van der Waals surface area (Å²) >= 11 is 0.